The van der Waals surface area contributed by atoms with Crippen LogP contribution in [0.4, 0.5) is 0 Å². The van der Waals surface area contributed by atoms with Crippen LogP contribution in [0.15, 0.2) is 42.5 Å². The molecule has 5 heterocycles. The largest absolute Gasteiger partial charge is 0.480 e. The molecule has 0 fully saturated rings. The molecule has 0 aliphatic carbocycles. The number of carbonyl (C=O) groups is 1. The topological polar surface area (TPSA) is 107 Å². The van der Waals surface area contributed by atoms with Gasteiger partial charge in [-0.05, 0) is 72.3 Å². The number of aromatic nitrogens is 4. The van der Waals surface area contributed by atoms with Gasteiger partial charge >= 0.3 is 5.97 Å². The van der Waals surface area contributed by atoms with E-state index in [9.17, 15) is 4.79 Å². The first-order valence-corrected chi connectivity index (χ1v) is 9.61. The molecule has 3 aromatic heterocycles. The van der Waals surface area contributed by atoms with Gasteiger partial charge in [-0.2, -0.15) is 0 Å². The Morgan fingerprint density at radius 3 is 2.13 bits per heavy atom. The van der Waals surface area contributed by atoms with Crippen LogP contribution >= 0.6 is 0 Å². The summed E-state index contributed by atoms with van der Waals surface area (Å²) in [5, 5.41) is 11.9. The number of H-pyrrole nitrogens is 2. The van der Waals surface area contributed by atoms with Crippen LogP contribution in [0, 0.1) is 0 Å². The average Bonchev–Trinajstić information content (AvgIpc) is 3.47. The van der Waals surface area contributed by atoms with Gasteiger partial charge < -0.3 is 20.4 Å². The van der Waals surface area contributed by atoms with E-state index in [1.165, 1.54) is 0 Å². The Balaban J connectivity index is 1.71. The molecule has 0 spiro atoms. The van der Waals surface area contributed by atoms with Crippen molar-refractivity contribution >= 4 is 52.3 Å². The van der Waals surface area contributed by atoms with Crippen LogP contribution in [0.5, 0.6) is 0 Å². The van der Waals surface area contributed by atoms with E-state index < -0.39 is 5.97 Å². The highest BCUT2D eigenvalue weighted by Gasteiger charge is 2.06. The van der Waals surface area contributed by atoms with Crippen LogP contribution < -0.4 is 5.32 Å². The first-order chi connectivity index (χ1) is 14.6. The Morgan fingerprint density at radius 1 is 0.800 bits per heavy atom. The fourth-order valence-corrected chi connectivity index (χ4v) is 3.53. The number of carboxylic acid groups (broad SMARTS) is 1. The maximum absolute atomic E-state index is 10.8. The number of aliphatic carboxylic acids is 1. The zero-order chi connectivity index (χ0) is 20.5. The number of nitrogens with zero attached hydrogens (tertiary/aromatic N) is 2. The fourth-order valence-electron chi connectivity index (χ4n) is 3.53. The van der Waals surface area contributed by atoms with Crippen LogP contribution in [0.2, 0.25) is 0 Å². The van der Waals surface area contributed by atoms with E-state index in [1.807, 2.05) is 66.8 Å². The van der Waals surface area contributed by atoms with Crippen LogP contribution in [-0.4, -0.2) is 37.6 Å². The fraction of sp³-hybridized carbons (Fsp3) is 0.0870. The third-order valence-electron chi connectivity index (χ3n) is 4.85. The quantitative estimate of drug-likeness (QED) is 0.369. The van der Waals surface area contributed by atoms with Gasteiger partial charge in [0.2, 0.25) is 0 Å². The molecule has 0 saturated heterocycles. The molecule has 5 rings (SSSR count). The maximum Gasteiger partial charge on any atom is 0.317 e. The lowest BCUT2D eigenvalue weighted by molar-refractivity contribution is -0.135. The Morgan fingerprint density at radius 2 is 1.43 bits per heavy atom. The monoisotopic (exact) mass is 397 g/mol. The predicted molar refractivity (Wildman–Crippen MR) is 118 cm³/mol. The number of carboxylic acids is 1. The molecule has 2 aliphatic heterocycles. The van der Waals surface area contributed by atoms with Crippen molar-refractivity contribution in [3.63, 3.8) is 0 Å². The standard InChI is InChI=1S/C23H19N5O2/c29-23(30)13-24-12-14-7-21-10-19-4-3-17(26-19)8-15-1-2-16(25-15)9-18-5-6-20(27-18)11-22(14)28-21/h1-11,24,26,28H,12-13H2,(H,29,30). The Hall–Kier alpha value is -3.97. The van der Waals surface area contributed by atoms with Crippen LogP contribution in [0.1, 0.15) is 28.3 Å². The molecule has 0 aromatic carbocycles. The van der Waals surface area contributed by atoms with E-state index in [1.54, 1.807) is 0 Å². The van der Waals surface area contributed by atoms with Gasteiger partial charge in [-0.15, -0.1) is 0 Å². The summed E-state index contributed by atoms with van der Waals surface area (Å²) in [5.74, 6) is -0.884. The third-order valence-corrected chi connectivity index (χ3v) is 4.85. The highest BCUT2D eigenvalue weighted by atomic mass is 16.4. The van der Waals surface area contributed by atoms with Gasteiger partial charge in [0, 0.05) is 28.6 Å². The van der Waals surface area contributed by atoms with Crippen molar-refractivity contribution in [1.82, 2.24) is 25.3 Å². The van der Waals surface area contributed by atoms with E-state index in [4.69, 9.17) is 5.11 Å². The number of nitrogens with one attached hydrogen (secondary N) is 3. The zero-order valence-corrected chi connectivity index (χ0v) is 16.0. The molecule has 8 bridgehead atoms. The summed E-state index contributed by atoms with van der Waals surface area (Å²) in [6, 6.07) is 14.0. The molecule has 0 unspecified atom stereocenters. The maximum atomic E-state index is 10.8. The van der Waals surface area contributed by atoms with Crippen molar-refractivity contribution in [3.8, 4) is 0 Å². The Labute approximate surface area is 171 Å². The van der Waals surface area contributed by atoms with Gasteiger partial charge in [0.05, 0.1) is 29.3 Å². The number of rotatable bonds is 4. The van der Waals surface area contributed by atoms with E-state index >= 15 is 0 Å². The first kappa shape index (κ1) is 18.1. The van der Waals surface area contributed by atoms with E-state index in [0.717, 1.165) is 50.4 Å². The van der Waals surface area contributed by atoms with Crippen molar-refractivity contribution in [2.24, 2.45) is 0 Å². The van der Waals surface area contributed by atoms with Crippen molar-refractivity contribution < 1.29 is 9.90 Å². The minimum atomic E-state index is -0.884. The smallest absolute Gasteiger partial charge is 0.317 e. The van der Waals surface area contributed by atoms with Crippen LogP contribution in [-0.2, 0) is 11.3 Å². The summed E-state index contributed by atoms with van der Waals surface area (Å²) >= 11 is 0. The van der Waals surface area contributed by atoms with Gasteiger partial charge in [0.15, 0.2) is 0 Å². The molecule has 0 radical (unpaired) electrons. The minimum absolute atomic E-state index is 0.0955. The number of hydrogen-bond acceptors (Lipinski definition) is 4. The SMILES string of the molecule is O=C(O)CNCc1cc2cc3ccc(cc4nc(cc5nc(cc1[nH]2)C=C5)C=C4)[nH]3. The lowest BCUT2D eigenvalue weighted by atomic mass is 10.2. The Kier molecular flexibility index (Phi) is 4.49. The molecule has 0 atom stereocenters. The summed E-state index contributed by atoms with van der Waals surface area (Å²) in [6.07, 6.45) is 7.87. The Bertz CT molecular complexity index is 1360. The molecule has 0 amide bonds. The van der Waals surface area contributed by atoms with E-state index in [2.05, 4.69) is 25.3 Å². The average molecular weight is 397 g/mol. The number of hydrogen-bond donors (Lipinski definition) is 4. The number of fused-ring (bicyclic) bond motifs is 8. The molecule has 0 saturated carbocycles. The highest BCUT2D eigenvalue weighted by Crippen LogP contribution is 2.19. The minimum Gasteiger partial charge on any atom is -0.480 e. The second kappa shape index (κ2) is 7.46. The zero-order valence-electron chi connectivity index (χ0n) is 16.0. The molecular weight excluding hydrogens is 378 g/mol. The van der Waals surface area contributed by atoms with Crippen LogP contribution in [0.3, 0.4) is 0 Å². The van der Waals surface area contributed by atoms with E-state index in [-0.39, 0.29) is 6.54 Å². The summed E-state index contributed by atoms with van der Waals surface area (Å²) < 4.78 is 0. The second-order valence-electron chi connectivity index (χ2n) is 7.20. The van der Waals surface area contributed by atoms with Crippen molar-refractivity contribution in [2.75, 3.05) is 6.54 Å². The normalized spacial score (nSPS) is 12.4. The molecule has 7 heteroatoms. The van der Waals surface area contributed by atoms with Gasteiger partial charge in [-0.1, -0.05) is 0 Å². The van der Waals surface area contributed by atoms with Gasteiger partial charge in [0.25, 0.3) is 0 Å². The molecule has 3 aromatic rings. The molecule has 7 nitrogen and oxygen atoms in total. The summed E-state index contributed by atoms with van der Waals surface area (Å²) in [6.45, 7) is 0.341. The van der Waals surface area contributed by atoms with Gasteiger partial charge in [-0.3, -0.25) is 4.79 Å². The van der Waals surface area contributed by atoms with E-state index in [0.29, 0.717) is 6.54 Å². The lowest BCUT2D eigenvalue weighted by Crippen LogP contribution is -2.21. The van der Waals surface area contributed by atoms with Gasteiger partial charge in [0.1, 0.15) is 0 Å². The highest BCUT2D eigenvalue weighted by molar-refractivity contribution is 5.78. The summed E-state index contributed by atoms with van der Waals surface area (Å²) in [5.41, 5.74) is 8.10. The summed E-state index contributed by atoms with van der Waals surface area (Å²) in [4.78, 5) is 26.9. The van der Waals surface area contributed by atoms with Crippen molar-refractivity contribution in [3.05, 3.63) is 70.8 Å². The second-order valence-corrected chi connectivity index (χ2v) is 7.20. The van der Waals surface area contributed by atoms with Crippen molar-refractivity contribution in [2.45, 2.75) is 6.54 Å². The molecule has 30 heavy (non-hydrogen) atoms. The van der Waals surface area contributed by atoms with Crippen molar-refractivity contribution in [1.29, 1.82) is 0 Å². The predicted octanol–water partition coefficient (Wildman–Crippen LogP) is 3.83. The summed E-state index contributed by atoms with van der Waals surface area (Å²) in [7, 11) is 0. The molecule has 2 aliphatic rings. The lowest BCUT2D eigenvalue weighted by Gasteiger charge is -1.99. The molecular formula is C23H19N5O2. The third kappa shape index (κ3) is 3.92. The number of aromatic amines is 2. The first-order valence-electron chi connectivity index (χ1n) is 9.61. The van der Waals surface area contributed by atoms with Gasteiger partial charge in [-0.25, -0.2) is 9.97 Å². The van der Waals surface area contributed by atoms with Crippen LogP contribution in [0.25, 0.3) is 46.4 Å². The molecule has 4 N–H and O–H groups in total. The molecule has 148 valence electrons.